The van der Waals surface area contributed by atoms with Gasteiger partial charge in [-0.15, -0.1) is 0 Å². The SMILES string of the molecule is C=P1=CN(C)CC(C2=C(C)OCC(CCC)OC=CCC2)=C1. The molecule has 0 saturated heterocycles. The Balaban J connectivity index is 2.21. The summed E-state index contributed by atoms with van der Waals surface area (Å²) in [4.78, 5) is 2.24. The lowest BCUT2D eigenvalue weighted by molar-refractivity contribution is 0.0502. The van der Waals surface area contributed by atoms with Crippen molar-refractivity contribution in [1.82, 2.24) is 4.90 Å². The first kappa shape index (κ1) is 17.2. The molecule has 0 fully saturated rings. The Bertz CT molecular complexity index is 553. The van der Waals surface area contributed by atoms with E-state index in [2.05, 4.69) is 49.9 Å². The van der Waals surface area contributed by atoms with Gasteiger partial charge in [0.25, 0.3) is 0 Å². The maximum atomic E-state index is 6.06. The van der Waals surface area contributed by atoms with Gasteiger partial charge in [-0.2, -0.15) is 0 Å². The molecular weight excluding hydrogens is 293 g/mol. The highest BCUT2D eigenvalue weighted by Gasteiger charge is 2.16. The number of ether oxygens (including phenoxy) is 2. The van der Waals surface area contributed by atoms with Crippen LogP contribution in [0.5, 0.6) is 0 Å². The van der Waals surface area contributed by atoms with Crippen molar-refractivity contribution in [3.05, 3.63) is 35.1 Å². The van der Waals surface area contributed by atoms with Crippen LogP contribution in [0.25, 0.3) is 0 Å². The number of hydrogen-bond acceptors (Lipinski definition) is 3. The normalized spacial score (nSPS) is 25.9. The van der Waals surface area contributed by atoms with Crippen LogP contribution < -0.4 is 0 Å². The molecule has 2 rings (SSSR count). The lowest BCUT2D eigenvalue weighted by atomic mass is 10.0. The highest BCUT2D eigenvalue weighted by atomic mass is 31.1. The minimum atomic E-state index is -0.400. The largest absolute Gasteiger partial charge is 0.495 e. The van der Waals surface area contributed by atoms with Gasteiger partial charge >= 0.3 is 0 Å². The Hall–Kier alpha value is -1.18. The molecule has 0 aromatic carbocycles. The van der Waals surface area contributed by atoms with Crippen LogP contribution in [-0.4, -0.2) is 43.4 Å². The molecule has 2 atom stereocenters. The van der Waals surface area contributed by atoms with E-state index in [1.165, 1.54) is 11.1 Å². The minimum absolute atomic E-state index is 0.150. The van der Waals surface area contributed by atoms with Crippen molar-refractivity contribution in [1.29, 1.82) is 0 Å². The van der Waals surface area contributed by atoms with Gasteiger partial charge in [0.2, 0.25) is 0 Å². The Morgan fingerprint density at radius 3 is 3.00 bits per heavy atom. The molecule has 2 heterocycles. The highest BCUT2D eigenvalue weighted by Crippen LogP contribution is 2.29. The molecule has 122 valence electrons. The smallest absolute Gasteiger partial charge is 0.132 e. The van der Waals surface area contributed by atoms with Crippen molar-refractivity contribution in [3.8, 4) is 0 Å². The van der Waals surface area contributed by atoms with Gasteiger partial charge in [-0.05, 0) is 56.3 Å². The first-order valence-corrected chi connectivity index (χ1v) is 9.74. The van der Waals surface area contributed by atoms with Crippen LogP contribution in [0.4, 0.5) is 0 Å². The molecule has 0 spiro atoms. The molecule has 0 saturated carbocycles. The van der Waals surface area contributed by atoms with Gasteiger partial charge in [0.05, 0.1) is 12.0 Å². The second-order valence-corrected chi connectivity index (χ2v) is 7.52. The van der Waals surface area contributed by atoms with Crippen molar-refractivity contribution in [2.24, 2.45) is 0 Å². The Kier molecular flexibility index (Phi) is 6.60. The van der Waals surface area contributed by atoms with Crippen molar-refractivity contribution in [2.45, 2.75) is 45.6 Å². The van der Waals surface area contributed by atoms with Crippen molar-refractivity contribution in [3.63, 3.8) is 0 Å². The average molecular weight is 321 g/mol. The summed E-state index contributed by atoms with van der Waals surface area (Å²) in [6.45, 7) is 5.84. The number of rotatable bonds is 3. The molecule has 2 aliphatic rings. The fourth-order valence-electron chi connectivity index (χ4n) is 2.85. The van der Waals surface area contributed by atoms with Crippen molar-refractivity contribution in [2.75, 3.05) is 20.2 Å². The van der Waals surface area contributed by atoms with Gasteiger partial charge in [-0.25, -0.2) is 0 Å². The minimum Gasteiger partial charge on any atom is -0.495 e. The van der Waals surface area contributed by atoms with Crippen LogP contribution in [0.2, 0.25) is 0 Å². The number of hydrogen-bond donors (Lipinski definition) is 0. The molecule has 22 heavy (non-hydrogen) atoms. The predicted molar refractivity (Wildman–Crippen MR) is 97.6 cm³/mol. The number of allylic oxidation sites excluding steroid dienone is 2. The molecule has 0 radical (unpaired) electrons. The van der Waals surface area contributed by atoms with E-state index in [0.717, 1.165) is 38.0 Å². The topological polar surface area (TPSA) is 21.7 Å². The monoisotopic (exact) mass is 321 g/mol. The zero-order valence-corrected chi connectivity index (χ0v) is 14.9. The summed E-state index contributed by atoms with van der Waals surface area (Å²) in [5.74, 6) is 5.60. The lowest BCUT2D eigenvalue weighted by Crippen LogP contribution is -2.22. The molecular formula is C18H28NO2P. The van der Waals surface area contributed by atoms with Gasteiger partial charge in [-0.1, -0.05) is 26.8 Å². The molecule has 2 unspecified atom stereocenters. The molecule has 0 aromatic rings. The summed E-state index contributed by atoms with van der Waals surface area (Å²) in [6.07, 6.45) is 12.5. The molecule has 2 aliphatic heterocycles. The molecule has 0 N–H and O–H groups in total. The highest BCUT2D eigenvalue weighted by molar-refractivity contribution is 7.58. The second kappa shape index (κ2) is 8.45. The van der Waals surface area contributed by atoms with Crippen molar-refractivity contribution < 1.29 is 9.47 Å². The summed E-state index contributed by atoms with van der Waals surface area (Å²) in [5, 5.41) is 0. The molecule has 4 heteroatoms. The van der Waals surface area contributed by atoms with Gasteiger partial charge < -0.3 is 9.47 Å². The van der Waals surface area contributed by atoms with Crippen LogP contribution in [0, 0.1) is 0 Å². The lowest BCUT2D eigenvalue weighted by Gasteiger charge is -2.24. The van der Waals surface area contributed by atoms with Gasteiger partial charge in [0, 0.05) is 12.5 Å². The Morgan fingerprint density at radius 2 is 2.27 bits per heavy atom. The average Bonchev–Trinajstić information content (AvgIpc) is 2.46. The van der Waals surface area contributed by atoms with E-state index in [9.17, 15) is 0 Å². The summed E-state index contributed by atoms with van der Waals surface area (Å²) < 4.78 is 11.8. The van der Waals surface area contributed by atoms with E-state index < -0.39 is 7.17 Å². The van der Waals surface area contributed by atoms with E-state index in [-0.39, 0.29) is 6.10 Å². The van der Waals surface area contributed by atoms with Crippen LogP contribution in [0.3, 0.4) is 0 Å². The Labute approximate surface area is 135 Å². The molecule has 0 aliphatic carbocycles. The third kappa shape index (κ3) is 4.93. The van der Waals surface area contributed by atoms with E-state index in [4.69, 9.17) is 9.47 Å². The van der Waals surface area contributed by atoms with E-state index in [1.807, 2.05) is 6.26 Å². The van der Waals surface area contributed by atoms with Gasteiger partial charge in [-0.3, -0.25) is 4.90 Å². The van der Waals surface area contributed by atoms with E-state index >= 15 is 0 Å². The number of nitrogens with zero attached hydrogens (tertiary/aromatic N) is 1. The molecule has 0 amide bonds. The maximum absolute atomic E-state index is 6.06. The maximum Gasteiger partial charge on any atom is 0.132 e. The first-order valence-electron chi connectivity index (χ1n) is 8.08. The first-order chi connectivity index (χ1) is 10.6. The Morgan fingerprint density at radius 1 is 1.45 bits per heavy atom. The fourth-order valence-corrected chi connectivity index (χ4v) is 4.15. The summed E-state index contributed by atoms with van der Waals surface area (Å²) in [7, 11) is 1.72. The second-order valence-electron chi connectivity index (χ2n) is 6.00. The van der Waals surface area contributed by atoms with Gasteiger partial charge in [0.15, 0.2) is 0 Å². The predicted octanol–water partition coefficient (Wildman–Crippen LogP) is 4.27. The van der Waals surface area contributed by atoms with E-state index in [0.29, 0.717) is 6.61 Å². The van der Waals surface area contributed by atoms with Crippen LogP contribution in [-0.2, 0) is 9.47 Å². The van der Waals surface area contributed by atoms with Gasteiger partial charge in [0.1, 0.15) is 12.7 Å². The molecule has 0 bridgehead atoms. The van der Waals surface area contributed by atoms with Crippen LogP contribution >= 0.6 is 7.17 Å². The number of likely N-dealkylation sites (N-methyl/N-ethyl adjacent to an activating group) is 1. The standard InChI is InChI=1S/C18H28NO2P/c1-5-8-17-12-21-15(2)18(9-6-7-10-20-17)16-11-19(3)14-22(4)13-16/h7,10,13-14,17H,4-6,8-9,11-12H2,1-3H3. The van der Waals surface area contributed by atoms with Crippen LogP contribution in [0.15, 0.2) is 35.1 Å². The zero-order chi connectivity index (χ0) is 15.9. The third-order valence-corrected chi connectivity index (χ3v) is 5.26. The summed E-state index contributed by atoms with van der Waals surface area (Å²) in [6, 6.07) is 0. The van der Waals surface area contributed by atoms with E-state index in [1.54, 1.807) is 0 Å². The molecule has 0 aromatic heterocycles. The zero-order valence-electron chi connectivity index (χ0n) is 14.0. The van der Waals surface area contributed by atoms with Crippen LogP contribution in [0.1, 0.15) is 39.5 Å². The van der Waals surface area contributed by atoms with Crippen molar-refractivity contribution >= 4 is 19.4 Å². The molecule has 3 nitrogen and oxygen atoms in total. The quantitative estimate of drug-likeness (QED) is 0.725. The third-order valence-electron chi connectivity index (χ3n) is 3.92. The summed E-state index contributed by atoms with van der Waals surface area (Å²) in [5.41, 5.74) is 2.73. The summed E-state index contributed by atoms with van der Waals surface area (Å²) >= 11 is 0. The fraction of sp³-hybridized carbons (Fsp3) is 0.556.